The summed E-state index contributed by atoms with van der Waals surface area (Å²) in [7, 11) is -3.58. The largest absolute Gasteiger partial charge is 0.459 e. The molecule has 1 N–H and O–H groups in total. The van der Waals surface area contributed by atoms with Crippen molar-refractivity contribution in [3.8, 4) is 0 Å². The lowest BCUT2D eigenvalue weighted by molar-refractivity contribution is 0.0701. The Morgan fingerprint density at radius 3 is 2.74 bits per heavy atom. The van der Waals surface area contributed by atoms with Gasteiger partial charge in [0.15, 0.2) is 15.6 Å². The molecule has 0 fully saturated rings. The first kappa shape index (κ1) is 20.1. The van der Waals surface area contributed by atoms with Crippen molar-refractivity contribution in [1.29, 1.82) is 0 Å². The molecule has 0 aliphatic carbocycles. The van der Waals surface area contributed by atoms with Crippen LogP contribution in [0.1, 0.15) is 27.4 Å². The summed E-state index contributed by atoms with van der Waals surface area (Å²) in [6.07, 6.45) is 2.08. The van der Waals surface area contributed by atoms with Crippen LogP contribution in [-0.2, 0) is 28.6 Å². The highest BCUT2D eigenvalue weighted by atomic mass is 79.9. The third kappa shape index (κ3) is 3.70. The van der Waals surface area contributed by atoms with Crippen LogP contribution in [0, 0.1) is 0 Å². The summed E-state index contributed by atoms with van der Waals surface area (Å²) in [6, 6.07) is 15.8. The second-order valence-corrected chi connectivity index (χ2v) is 10.5. The van der Waals surface area contributed by atoms with Gasteiger partial charge in [0.1, 0.15) is 0 Å². The topological polar surface area (TPSA) is 83.4 Å². The van der Waals surface area contributed by atoms with Crippen LogP contribution in [0.4, 0.5) is 0 Å². The highest BCUT2D eigenvalue weighted by molar-refractivity contribution is 9.10. The van der Waals surface area contributed by atoms with Gasteiger partial charge in [0.25, 0.3) is 5.91 Å². The fourth-order valence-corrected chi connectivity index (χ4v) is 5.79. The Bertz CT molecular complexity index is 1390. The molecule has 6 nitrogen and oxygen atoms in total. The van der Waals surface area contributed by atoms with E-state index in [0.29, 0.717) is 25.1 Å². The van der Waals surface area contributed by atoms with E-state index >= 15 is 0 Å². The van der Waals surface area contributed by atoms with E-state index in [1.165, 1.54) is 6.26 Å². The van der Waals surface area contributed by atoms with Crippen LogP contribution in [0.25, 0.3) is 10.9 Å². The van der Waals surface area contributed by atoms with Crippen molar-refractivity contribution in [1.82, 2.24) is 9.88 Å². The van der Waals surface area contributed by atoms with Crippen LogP contribution in [0.15, 0.2) is 74.6 Å². The normalized spacial score (nSPS) is 14.0. The van der Waals surface area contributed by atoms with Gasteiger partial charge in [0.2, 0.25) is 0 Å². The third-order valence-electron chi connectivity index (χ3n) is 5.61. The average molecular weight is 499 g/mol. The first-order chi connectivity index (χ1) is 14.9. The van der Waals surface area contributed by atoms with Crippen molar-refractivity contribution in [2.75, 3.05) is 6.54 Å². The van der Waals surface area contributed by atoms with E-state index < -0.39 is 9.84 Å². The molecule has 1 aliphatic rings. The molecule has 0 unspecified atom stereocenters. The van der Waals surface area contributed by atoms with Crippen LogP contribution in [0.3, 0.4) is 0 Å². The van der Waals surface area contributed by atoms with Crippen molar-refractivity contribution in [3.05, 3.63) is 87.9 Å². The molecule has 1 aliphatic heterocycles. The van der Waals surface area contributed by atoms with Gasteiger partial charge in [-0.15, -0.1) is 0 Å². The van der Waals surface area contributed by atoms with Gasteiger partial charge in [-0.25, -0.2) is 8.42 Å². The highest BCUT2D eigenvalue weighted by Gasteiger charge is 2.29. The summed E-state index contributed by atoms with van der Waals surface area (Å²) in [5.74, 6) is -0.490. The number of nitrogens with zero attached hydrogens (tertiary/aromatic N) is 1. The number of amides is 1. The van der Waals surface area contributed by atoms with Gasteiger partial charge in [-0.1, -0.05) is 34.1 Å². The van der Waals surface area contributed by atoms with Crippen molar-refractivity contribution in [2.24, 2.45) is 0 Å². The number of rotatable bonds is 4. The van der Waals surface area contributed by atoms with E-state index in [1.54, 1.807) is 41.3 Å². The third-order valence-corrected chi connectivity index (χ3v) is 7.79. The van der Waals surface area contributed by atoms with Crippen LogP contribution < -0.4 is 0 Å². The lowest BCUT2D eigenvalue weighted by atomic mass is 10.0. The van der Waals surface area contributed by atoms with Gasteiger partial charge in [-0.3, -0.25) is 4.79 Å². The average Bonchev–Trinajstić information content (AvgIpc) is 3.37. The number of benzene rings is 2. The van der Waals surface area contributed by atoms with E-state index in [1.807, 2.05) is 18.2 Å². The zero-order valence-corrected chi connectivity index (χ0v) is 18.9. The summed E-state index contributed by atoms with van der Waals surface area (Å²) in [6.45, 7) is 0.974. The van der Waals surface area contributed by atoms with E-state index in [2.05, 4.69) is 20.9 Å². The molecule has 0 saturated carbocycles. The predicted molar refractivity (Wildman–Crippen MR) is 120 cm³/mol. The number of hydrogen-bond acceptors (Lipinski definition) is 4. The highest BCUT2D eigenvalue weighted by Crippen LogP contribution is 2.31. The maximum absolute atomic E-state index is 13.3. The Kier molecular flexibility index (Phi) is 4.98. The molecule has 0 radical (unpaired) electrons. The standard InChI is InChI=1S/C23H19BrN2O4S/c24-16-6-7-20-18(12-16)19-13-26(10-8-21(19)25-20)23(27)22-15(9-11-30-22)14-31(28,29)17-4-2-1-3-5-17/h1-7,9,11-12,25H,8,10,13-14H2. The smallest absolute Gasteiger partial charge is 0.290 e. The molecule has 0 saturated heterocycles. The molecule has 3 heterocycles. The molecule has 158 valence electrons. The number of furan rings is 1. The van der Waals surface area contributed by atoms with Gasteiger partial charge in [0, 0.05) is 51.7 Å². The Balaban J connectivity index is 1.42. The van der Waals surface area contributed by atoms with Crippen LogP contribution in [-0.4, -0.2) is 30.8 Å². The SMILES string of the molecule is O=C(c1occc1CS(=O)(=O)c1ccccc1)N1CCc2[nH]c3ccc(Br)cc3c2C1. The van der Waals surface area contributed by atoms with Gasteiger partial charge < -0.3 is 14.3 Å². The summed E-state index contributed by atoms with van der Waals surface area (Å²) in [5, 5.41) is 1.08. The number of fused-ring (bicyclic) bond motifs is 3. The molecule has 2 aromatic heterocycles. The molecule has 2 aromatic carbocycles. The molecule has 0 spiro atoms. The summed E-state index contributed by atoms with van der Waals surface area (Å²) in [4.78, 5) is 18.6. The summed E-state index contributed by atoms with van der Waals surface area (Å²) in [5.41, 5.74) is 3.63. The summed E-state index contributed by atoms with van der Waals surface area (Å²) < 4.78 is 32.0. The Morgan fingerprint density at radius 1 is 1.13 bits per heavy atom. The van der Waals surface area contributed by atoms with Crippen molar-refractivity contribution >= 4 is 42.6 Å². The van der Waals surface area contributed by atoms with E-state index in [0.717, 1.165) is 26.6 Å². The zero-order valence-electron chi connectivity index (χ0n) is 16.5. The fourth-order valence-electron chi connectivity index (χ4n) is 4.06. The maximum atomic E-state index is 13.3. The molecule has 5 rings (SSSR count). The van der Waals surface area contributed by atoms with E-state index in [4.69, 9.17) is 4.42 Å². The number of halogens is 1. The van der Waals surface area contributed by atoms with Gasteiger partial charge >= 0.3 is 0 Å². The molecule has 0 bridgehead atoms. The minimum absolute atomic E-state index is 0.0870. The number of hydrogen-bond donors (Lipinski definition) is 1. The van der Waals surface area contributed by atoms with Crippen molar-refractivity contribution in [3.63, 3.8) is 0 Å². The minimum Gasteiger partial charge on any atom is -0.459 e. The van der Waals surface area contributed by atoms with Crippen LogP contribution in [0.2, 0.25) is 0 Å². The zero-order chi connectivity index (χ0) is 21.6. The quantitative estimate of drug-likeness (QED) is 0.442. The first-order valence-electron chi connectivity index (χ1n) is 9.85. The van der Waals surface area contributed by atoms with Gasteiger partial charge in [0.05, 0.1) is 16.9 Å². The molecule has 1 amide bonds. The molecule has 31 heavy (non-hydrogen) atoms. The van der Waals surface area contributed by atoms with E-state index in [9.17, 15) is 13.2 Å². The lowest BCUT2D eigenvalue weighted by Crippen LogP contribution is -2.36. The van der Waals surface area contributed by atoms with Crippen LogP contribution >= 0.6 is 15.9 Å². The Morgan fingerprint density at radius 2 is 1.94 bits per heavy atom. The molecule has 4 aromatic rings. The second-order valence-electron chi connectivity index (χ2n) is 7.60. The number of carbonyl (C=O) groups is 1. The number of H-pyrrole nitrogens is 1. The molecule has 8 heteroatoms. The fraction of sp³-hybridized carbons (Fsp3) is 0.174. The number of aromatic nitrogens is 1. The lowest BCUT2D eigenvalue weighted by Gasteiger charge is -2.26. The number of aromatic amines is 1. The molecular formula is C23H19BrN2O4S. The molecule has 0 atom stereocenters. The number of sulfone groups is 1. The second kappa shape index (κ2) is 7.69. The maximum Gasteiger partial charge on any atom is 0.290 e. The number of nitrogens with one attached hydrogen (secondary N) is 1. The monoisotopic (exact) mass is 498 g/mol. The van der Waals surface area contributed by atoms with Gasteiger partial charge in [-0.05, 0) is 36.4 Å². The number of carbonyl (C=O) groups excluding carboxylic acids is 1. The molecular weight excluding hydrogens is 480 g/mol. The predicted octanol–water partition coefficient (Wildman–Crippen LogP) is 4.70. The summed E-state index contributed by atoms with van der Waals surface area (Å²) >= 11 is 3.51. The van der Waals surface area contributed by atoms with Crippen molar-refractivity contribution < 1.29 is 17.6 Å². The minimum atomic E-state index is -3.58. The van der Waals surface area contributed by atoms with Crippen molar-refractivity contribution in [2.45, 2.75) is 23.6 Å². The van der Waals surface area contributed by atoms with Crippen LogP contribution in [0.5, 0.6) is 0 Å². The Hall–Kier alpha value is -2.84. The Labute approximate surface area is 187 Å². The van der Waals surface area contributed by atoms with Gasteiger partial charge in [-0.2, -0.15) is 0 Å². The first-order valence-corrected chi connectivity index (χ1v) is 12.3. The van der Waals surface area contributed by atoms with E-state index in [-0.39, 0.29) is 22.3 Å².